The minimum atomic E-state index is -5.44. The van der Waals surface area contributed by atoms with Crippen molar-refractivity contribution < 1.29 is 33.5 Å². The quantitative estimate of drug-likeness (QED) is 0.522. The normalized spacial score (nSPS) is 11.6. The van der Waals surface area contributed by atoms with Gasteiger partial charge in [0.2, 0.25) is 0 Å². The van der Waals surface area contributed by atoms with E-state index in [-0.39, 0.29) is 6.61 Å². The van der Waals surface area contributed by atoms with Crippen LogP contribution < -0.4 is 30.4 Å². The lowest BCUT2D eigenvalue weighted by molar-refractivity contribution is -1.92. The molecule has 0 atom stereocenters. The van der Waals surface area contributed by atoms with Crippen molar-refractivity contribution in [2.45, 2.75) is 6.42 Å². The maximum absolute atomic E-state index is 10.1. The van der Waals surface area contributed by atoms with Gasteiger partial charge in [-0.2, -0.15) is 0 Å². The average molecular weight is 296 g/mol. The molecule has 0 bridgehead atoms. The highest BCUT2D eigenvalue weighted by atomic mass is 127. The summed E-state index contributed by atoms with van der Waals surface area (Å²) in [4.78, 5) is 0. The first-order valence-electron chi connectivity index (χ1n) is 3.67. The molecule has 13 heavy (non-hydrogen) atoms. The molecule has 1 aromatic carbocycles. The third-order valence-corrected chi connectivity index (χ3v) is 2.65. The fraction of sp³-hybridized carbons (Fsp3) is 0.250. The summed E-state index contributed by atoms with van der Waals surface area (Å²) in [6.07, 6.45) is 0.443. The second-order valence-corrected chi connectivity index (χ2v) is 5.21. The Balaban J connectivity index is 2.29. The van der Waals surface area contributed by atoms with Gasteiger partial charge < -0.3 is 0 Å². The van der Waals surface area contributed by atoms with E-state index < -0.39 is 20.1 Å². The SMILES string of the molecule is [O-][I+3]([O-])([O-])OCCc1ccccc1. The van der Waals surface area contributed by atoms with Gasteiger partial charge in [-0.25, -0.2) is 0 Å². The highest BCUT2D eigenvalue weighted by molar-refractivity contribution is 5.14. The lowest BCUT2D eigenvalue weighted by Crippen LogP contribution is -4.24. The highest BCUT2D eigenvalue weighted by Crippen LogP contribution is 1.97. The smallest absolute Gasteiger partial charge is 0.256 e. The summed E-state index contributed by atoms with van der Waals surface area (Å²) in [5.74, 6) is 0. The van der Waals surface area contributed by atoms with E-state index in [1.807, 2.05) is 30.3 Å². The van der Waals surface area contributed by atoms with E-state index >= 15 is 0 Å². The molecule has 0 saturated carbocycles. The number of rotatable bonds is 4. The molecule has 0 N–H and O–H groups in total. The van der Waals surface area contributed by atoms with Crippen molar-refractivity contribution >= 4 is 0 Å². The van der Waals surface area contributed by atoms with Gasteiger partial charge in [0.15, 0.2) is 6.61 Å². The van der Waals surface area contributed by atoms with Crippen LogP contribution in [0.5, 0.6) is 0 Å². The average Bonchev–Trinajstić information content (AvgIpc) is 2.04. The molecule has 0 fully saturated rings. The van der Waals surface area contributed by atoms with Crippen molar-refractivity contribution in [1.29, 1.82) is 0 Å². The molecule has 0 spiro atoms. The molecule has 72 valence electrons. The van der Waals surface area contributed by atoms with Gasteiger partial charge in [0.05, 0.1) is 0 Å². The Labute approximate surface area is 82.5 Å². The molecular formula is C8H9IO4. The van der Waals surface area contributed by atoms with E-state index in [0.29, 0.717) is 6.42 Å². The Bertz CT molecular complexity index is 244. The summed E-state index contributed by atoms with van der Waals surface area (Å²) in [6.45, 7) is -0.0584. The molecule has 1 rings (SSSR count). The first kappa shape index (κ1) is 10.9. The van der Waals surface area contributed by atoms with Gasteiger partial charge in [-0.05, 0) is 5.56 Å². The fourth-order valence-corrected chi connectivity index (χ4v) is 1.66. The first-order valence-corrected chi connectivity index (χ1v) is 7.19. The van der Waals surface area contributed by atoms with E-state index in [9.17, 15) is 10.3 Å². The van der Waals surface area contributed by atoms with Crippen LogP contribution in [0, 0.1) is 0 Å². The molecule has 5 heteroatoms. The van der Waals surface area contributed by atoms with E-state index in [4.69, 9.17) is 0 Å². The summed E-state index contributed by atoms with van der Waals surface area (Å²) in [5, 5.41) is 0. The zero-order chi connectivity index (χ0) is 9.73. The van der Waals surface area contributed by atoms with Gasteiger partial charge in [-0.15, -0.1) is 0 Å². The minimum absolute atomic E-state index is 0.0584. The first-order chi connectivity index (χ1) is 6.08. The molecule has 4 nitrogen and oxygen atoms in total. The Hall–Kier alpha value is -0.210. The van der Waals surface area contributed by atoms with Crippen LogP contribution in [0.1, 0.15) is 5.56 Å². The van der Waals surface area contributed by atoms with Crippen molar-refractivity contribution in [2.24, 2.45) is 0 Å². The van der Waals surface area contributed by atoms with Gasteiger partial charge >= 0.3 is 20.1 Å². The number of hydrogen-bond acceptors (Lipinski definition) is 4. The van der Waals surface area contributed by atoms with Crippen LogP contribution in [0.4, 0.5) is 0 Å². The van der Waals surface area contributed by atoms with Crippen molar-refractivity contribution in [3.05, 3.63) is 35.9 Å². The Morgan fingerprint density at radius 2 is 1.69 bits per heavy atom. The third-order valence-electron chi connectivity index (χ3n) is 1.44. The molecule has 0 aliphatic heterocycles. The van der Waals surface area contributed by atoms with E-state index in [2.05, 4.69) is 3.07 Å². The maximum atomic E-state index is 10.1. The third kappa shape index (κ3) is 5.17. The molecule has 0 heterocycles. The lowest BCUT2D eigenvalue weighted by Gasteiger charge is -2.05. The number of benzene rings is 1. The molecule has 1 aromatic rings. The van der Waals surface area contributed by atoms with Crippen LogP contribution >= 0.6 is 0 Å². The van der Waals surface area contributed by atoms with E-state index in [1.165, 1.54) is 0 Å². The second-order valence-electron chi connectivity index (χ2n) is 2.43. The molecule has 0 aliphatic rings. The second kappa shape index (κ2) is 4.87. The molecule has 0 unspecified atom stereocenters. The topological polar surface area (TPSA) is 78.4 Å². The van der Waals surface area contributed by atoms with Gasteiger partial charge in [-0.3, -0.25) is 10.3 Å². The molecule has 0 radical (unpaired) electrons. The van der Waals surface area contributed by atoms with Gasteiger partial charge in [0.25, 0.3) is 0 Å². The predicted molar refractivity (Wildman–Crippen MR) is 36.1 cm³/mol. The Morgan fingerprint density at radius 1 is 1.08 bits per heavy atom. The lowest BCUT2D eigenvalue weighted by atomic mass is 10.2. The van der Waals surface area contributed by atoms with Crippen molar-refractivity contribution in [3.63, 3.8) is 0 Å². The predicted octanol–water partition coefficient (Wildman–Crippen LogP) is -4.85. The van der Waals surface area contributed by atoms with Crippen molar-refractivity contribution in [2.75, 3.05) is 6.61 Å². The summed E-state index contributed by atoms with van der Waals surface area (Å²) in [5.41, 5.74) is 0.952. The van der Waals surface area contributed by atoms with E-state index in [1.54, 1.807) is 0 Å². The van der Waals surface area contributed by atoms with Gasteiger partial charge in [0, 0.05) is 9.49 Å². The number of hydrogen-bond donors (Lipinski definition) is 0. The number of halogens is 1. The Kier molecular flexibility index (Phi) is 4.07. The molecular weight excluding hydrogens is 287 g/mol. The van der Waals surface area contributed by atoms with Gasteiger partial charge in [0.1, 0.15) is 0 Å². The summed E-state index contributed by atoms with van der Waals surface area (Å²) < 4.78 is 34.6. The van der Waals surface area contributed by atoms with Crippen LogP contribution in [-0.2, 0) is 9.49 Å². The zero-order valence-corrected chi connectivity index (χ0v) is 8.97. The standard InChI is InChI=1S/C8H9IO4/c10-9(11,12)13-7-6-8-4-2-1-3-5-8/h1-5H,6-7H2. The molecule has 0 aliphatic carbocycles. The van der Waals surface area contributed by atoms with Gasteiger partial charge in [-0.1, -0.05) is 30.3 Å². The highest BCUT2D eigenvalue weighted by Gasteiger charge is 2.24. The molecule has 0 aromatic heterocycles. The summed E-state index contributed by atoms with van der Waals surface area (Å²) >= 11 is -5.44. The van der Waals surface area contributed by atoms with Crippen LogP contribution in [0.2, 0.25) is 0 Å². The van der Waals surface area contributed by atoms with Crippen LogP contribution in [0.15, 0.2) is 30.3 Å². The van der Waals surface area contributed by atoms with Crippen molar-refractivity contribution in [3.8, 4) is 0 Å². The van der Waals surface area contributed by atoms with Crippen LogP contribution in [-0.4, -0.2) is 6.61 Å². The summed E-state index contributed by atoms with van der Waals surface area (Å²) in [6, 6.07) is 9.24. The van der Waals surface area contributed by atoms with Crippen LogP contribution in [0.3, 0.4) is 0 Å². The van der Waals surface area contributed by atoms with Crippen LogP contribution in [0.25, 0.3) is 0 Å². The molecule has 0 saturated heterocycles. The largest absolute Gasteiger partial charge is 0.372 e. The Morgan fingerprint density at radius 3 is 2.23 bits per heavy atom. The van der Waals surface area contributed by atoms with Crippen molar-refractivity contribution in [1.82, 2.24) is 0 Å². The zero-order valence-electron chi connectivity index (χ0n) is 6.81. The fourth-order valence-electron chi connectivity index (χ4n) is 0.896. The molecule has 0 amide bonds. The monoisotopic (exact) mass is 296 g/mol. The van der Waals surface area contributed by atoms with E-state index in [0.717, 1.165) is 5.56 Å². The summed E-state index contributed by atoms with van der Waals surface area (Å²) in [7, 11) is 0. The minimum Gasteiger partial charge on any atom is -0.256 e. The maximum Gasteiger partial charge on any atom is 0.372 e.